The average molecular weight is 192 g/mol. The highest BCUT2D eigenvalue weighted by atomic mass is 16.3. The van der Waals surface area contributed by atoms with E-state index in [0.29, 0.717) is 0 Å². The summed E-state index contributed by atoms with van der Waals surface area (Å²) in [4.78, 5) is 0. The summed E-state index contributed by atoms with van der Waals surface area (Å²) >= 11 is 0. The highest BCUT2D eigenvalue weighted by Gasteiger charge is 2.26. The van der Waals surface area contributed by atoms with Gasteiger partial charge in [-0.2, -0.15) is 0 Å². The molecule has 14 heavy (non-hydrogen) atoms. The highest BCUT2D eigenvalue weighted by Crippen LogP contribution is 2.33. The van der Waals surface area contributed by atoms with Gasteiger partial charge in [0.1, 0.15) is 0 Å². The smallest absolute Gasteiger partial charge is 0.0589 e. The van der Waals surface area contributed by atoms with Gasteiger partial charge < -0.3 is 16.2 Å². The van der Waals surface area contributed by atoms with Gasteiger partial charge in [0.15, 0.2) is 0 Å². The SMILES string of the molecule is Cc1ccc2c(c1)C(C(N)CO)CN2. The third-order valence-electron chi connectivity index (χ3n) is 2.85. The molecule has 0 saturated carbocycles. The highest BCUT2D eigenvalue weighted by molar-refractivity contribution is 5.59. The molecule has 1 aromatic rings. The number of aryl methyl sites for hydroxylation is 1. The maximum Gasteiger partial charge on any atom is 0.0589 e. The zero-order valence-electron chi connectivity index (χ0n) is 8.33. The molecular formula is C11H16N2O. The molecule has 0 saturated heterocycles. The standard InChI is InChI=1S/C11H16N2O/c1-7-2-3-11-8(4-7)9(5-13-11)10(12)6-14/h2-4,9-10,13-14H,5-6,12H2,1H3. The van der Waals surface area contributed by atoms with Crippen LogP contribution in [0.15, 0.2) is 18.2 Å². The Kier molecular flexibility index (Phi) is 2.44. The molecule has 1 heterocycles. The average Bonchev–Trinajstić information content (AvgIpc) is 2.59. The van der Waals surface area contributed by atoms with E-state index in [2.05, 4.69) is 30.4 Å². The van der Waals surface area contributed by atoms with Crippen molar-refractivity contribution in [1.29, 1.82) is 0 Å². The summed E-state index contributed by atoms with van der Waals surface area (Å²) in [5.41, 5.74) is 9.49. The summed E-state index contributed by atoms with van der Waals surface area (Å²) in [5.74, 6) is 0.245. The van der Waals surface area contributed by atoms with Gasteiger partial charge >= 0.3 is 0 Å². The number of benzene rings is 1. The van der Waals surface area contributed by atoms with Gasteiger partial charge in [0, 0.05) is 24.2 Å². The molecule has 2 rings (SSSR count). The second kappa shape index (κ2) is 3.59. The minimum absolute atomic E-state index is 0.0414. The van der Waals surface area contributed by atoms with Crippen molar-refractivity contribution in [3.8, 4) is 0 Å². The van der Waals surface area contributed by atoms with E-state index in [1.807, 2.05) is 0 Å². The van der Waals surface area contributed by atoms with Crippen LogP contribution in [0.2, 0.25) is 0 Å². The van der Waals surface area contributed by atoms with Crippen LogP contribution in [0.5, 0.6) is 0 Å². The van der Waals surface area contributed by atoms with Crippen molar-refractivity contribution < 1.29 is 5.11 Å². The van der Waals surface area contributed by atoms with E-state index in [1.54, 1.807) is 0 Å². The molecule has 4 N–H and O–H groups in total. The molecule has 1 aliphatic rings. The van der Waals surface area contributed by atoms with E-state index in [0.717, 1.165) is 12.2 Å². The second-order valence-corrected chi connectivity index (χ2v) is 3.92. The molecule has 2 unspecified atom stereocenters. The van der Waals surface area contributed by atoms with Crippen LogP contribution in [0.4, 0.5) is 5.69 Å². The Morgan fingerprint density at radius 3 is 3.14 bits per heavy atom. The number of aliphatic hydroxyl groups is 1. The summed E-state index contributed by atoms with van der Waals surface area (Å²) in [7, 11) is 0. The maximum absolute atomic E-state index is 9.04. The topological polar surface area (TPSA) is 58.3 Å². The lowest BCUT2D eigenvalue weighted by Gasteiger charge is -2.16. The minimum atomic E-state index is -0.162. The van der Waals surface area contributed by atoms with E-state index in [-0.39, 0.29) is 18.6 Å². The first-order valence-corrected chi connectivity index (χ1v) is 4.93. The molecule has 0 bridgehead atoms. The number of nitrogens with two attached hydrogens (primary N) is 1. The first-order chi connectivity index (χ1) is 6.72. The molecule has 2 atom stereocenters. The first kappa shape index (κ1) is 9.49. The van der Waals surface area contributed by atoms with E-state index < -0.39 is 0 Å². The zero-order chi connectivity index (χ0) is 10.1. The summed E-state index contributed by atoms with van der Waals surface area (Å²) in [5, 5.41) is 12.3. The fourth-order valence-corrected chi connectivity index (χ4v) is 1.99. The van der Waals surface area contributed by atoms with Crippen LogP contribution in [-0.2, 0) is 0 Å². The monoisotopic (exact) mass is 192 g/mol. The molecule has 0 aromatic heterocycles. The third kappa shape index (κ3) is 1.49. The number of rotatable bonds is 2. The summed E-state index contributed by atoms with van der Waals surface area (Å²) in [6.45, 7) is 2.94. The molecule has 3 heteroatoms. The number of nitrogens with one attached hydrogen (secondary N) is 1. The maximum atomic E-state index is 9.04. The van der Waals surface area contributed by atoms with E-state index in [9.17, 15) is 0 Å². The predicted molar refractivity (Wildman–Crippen MR) is 57.5 cm³/mol. The van der Waals surface area contributed by atoms with Gasteiger partial charge in [0.2, 0.25) is 0 Å². The van der Waals surface area contributed by atoms with Crippen molar-refractivity contribution >= 4 is 5.69 Å². The van der Waals surface area contributed by atoms with E-state index in [1.165, 1.54) is 11.1 Å². The largest absolute Gasteiger partial charge is 0.395 e. The van der Waals surface area contributed by atoms with Crippen molar-refractivity contribution in [1.82, 2.24) is 0 Å². The Labute approximate surface area is 83.9 Å². The normalized spacial score (nSPS) is 21.5. The van der Waals surface area contributed by atoms with Crippen LogP contribution in [0, 0.1) is 6.92 Å². The van der Waals surface area contributed by atoms with Crippen molar-refractivity contribution in [2.24, 2.45) is 5.73 Å². The molecule has 0 fully saturated rings. The van der Waals surface area contributed by atoms with Crippen molar-refractivity contribution in [3.05, 3.63) is 29.3 Å². The van der Waals surface area contributed by atoms with Crippen LogP contribution in [0.1, 0.15) is 17.0 Å². The molecule has 0 amide bonds. The Bertz CT molecular complexity index is 338. The van der Waals surface area contributed by atoms with Crippen LogP contribution in [-0.4, -0.2) is 24.3 Å². The molecular weight excluding hydrogens is 176 g/mol. The molecule has 0 spiro atoms. The van der Waals surface area contributed by atoms with Crippen LogP contribution in [0.3, 0.4) is 0 Å². The number of aliphatic hydroxyl groups excluding tert-OH is 1. The molecule has 1 aromatic carbocycles. The van der Waals surface area contributed by atoms with E-state index >= 15 is 0 Å². The Morgan fingerprint density at radius 1 is 1.64 bits per heavy atom. The summed E-state index contributed by atoms with van der Waals surface area (Å²) in [6, 6.07) is 6.15. The van der Waals surface area contributed by atoms with Crippen LogP contribution < -0.4 is 11.1 Å². The van der Waals surface area contributed by atoms with Gasteiger partial charge in [-0.3, -0.25) is 0 Å². The lowest BCUT2D eigenvalue weighted by Crippen LogP contribution is -2.33. The fourth-order valence-electron chi connectivity index (χ4n) is 1.99. The van der Waals surface area contributed by atoms with Gasteiger partial charge in [0.25, 0.3) is 0 Å². The van der Waals surface area contributed by atoms with Gasteiger partial charge in [-0.15, -0.1) is 0 Å². The van der Waals surface area contributed by atoms with Crippen LogP contribution >= 0.6 is 0 Å². The predicted octanol–water partition coefficient (Wildman–Crippen LogP) is 0.824. The molecule has 3 nitrogen and oxygen atoms in total. The lowest BCUT2D eigenvalue weighted by molar-refractivity contribution is 0.252. The lowest BCUT2D eigenvalue weighted by atomic mass is 9.93. The van der Waals surface area contributed by atoms with Crippen molar-refractivity contribution in [2.75, 3.05) is 18.5 Å². The fraction of sp³-hybridized carbons (Fsp3) is 0.455. The Hall–Kier alpha value is -1.06. The number of fused-ring (bicyclic) bond motifs is 1. The molecule has 0 radical (unpaired) electrons. The molecule has 76 valence electrons. The first-order valence-electron chi connectivity index (χ1n) is 4.93. The summed E-state index contributed by atoms with van der Waals surface area (Å²) < 4.78 is 0. The minimum Gasteiger partial charge on any atom is -0.395 e. The Morgan fingerprint density at radius 2 is 2.43 bits per heavy atom. The van der Waals surface area contributed by atoms with Crippen molar-refractivity contribution in [3.63, 3.8) is 0 Å². The van der Waals surface area contributed by atoms with Gasteiger partial charge in [0.05, 0.1) is 6.61 Å². The molecule has 0 aliphatic carbocycles. The number of hydrogen-bond acceptors (Lipinski definition) is 3. The van der Waals surface area contributed by atoms with Crippen LogP contribution in [0.25, 0.3) is 0 Å². The Balaban J connectivity index is 2.33. The van der Waals surface area contributed by atoms with E-state index in [4.69, 9.17) is 10.8 Å². The van der Waals surface area contributed by atoms with Gasteiger partial charge in [-0.25, -0.2) is 0 Å². The van der Waals surface area contributed by atoms with Gasteiger partial charge in [-0.05, 0) is 18.6 Å². The molecule has 1 aliphatic heterocycles. The number of anilines is 1. The quantitative estimate of drug-likeness (QED) is 0.650. The third-order valence-corrected chi connectivity index (χ3v) is 2.85. The van der Waals surface area contributed by atoms with Crippen molar-refractivity contribution in [2.45, 2.75) is 18.9 Å². The summed E-state index contributed by atoms with van der Waals surface area (Å²) in [6.07, 6.45) is 0. The number of hydrogen-bond donors (Lipinski definition) is 3. The van der Waals surface area contributed by atoms with Gasteiger partial charge in [-0.1, -0.05) is 17.7 Å². The zero-order valence-corrected chi connectivity index (χ0v) is 8.33. The second-order valence-electron chi connectivity index (χ2n) is 3.92.